The van der Waals surface area contributed by atoms with E-state index in [0.717, 1.165) is 30.2 Å². The zero-order chi connectivity index (χ0) is 21.5. The van der Waals surface area contributed by atoms with Crippen LogP contribution in [0.3, 0.4) is 0 Å². The van der Waals surface area contributed by atoms with Crippen LogP contribution in [-0.4, -0.2) is 43.8 Å². The molecule has 2 aliphatic rings. The number of Topliss-reactive ketones (excluding diaryl/α,β-unsaturated/α-hetero) is 1. The van der Waals surface area contributed by atoms with Gasteiger partial charge in [0.1, 0.15) is 17.0 Å². The summed E-state index contributed by atoms with van der Waals surface area (Å²) >= 11 is 0. The summed E-state index contributed by atoms with van der Waals surface area (Å²) in [7, 11) is 0. The first-order valence-electron chi connectivity index (χ1n) is 10.6. The molecule has 1 aliphatic carbocycles. The van der Waals surface area contributed by atoms with Gasteiger partial charge < -0.3 is 4.90 Å². The van der Waals surface area contributed by atoms with Crippen LogP contribution in [0.25, 0.3) is 16.9 Å². The summed E-state index contributed by atoms with van der Waals surface area (Å²) in [5.74, 6) is -0.201. The lowest BCUT2D eigenvalue weighted by Crippen LogP contribution is -2.53. The lowest BCUT2D eigenvalue weighted by Gasteiger charge is -2.43. The van der Waals surface area contributed by atoms with Crippen LogP contribution in [0.1, 0.15) is 54.6 Å². The molecule has 6 nitrogen and oxygen atoms in total. The van der Waals surface area contributed by atoms with E-state index >= 15 is 0 Å². The van der Waals surface area contributed by atoms with Gasteiger partial charge in [-0.3, -0.25) is 9.59 Å². The molecule has 3 aromatic rings. The molecule has 1 saturated heterocycles. The molecule has 8 heteroatoms. The number of nitrogens with zero attached hydrogens (tertiary/aromatic N) is 4. The van der Waals surface area contributed by atoms with Gasteiger partial charge in [-0.25, -0.2) is 18.3 Å². The SMILES string of the molecule is O=C1CCN(C(=O)c2cnn3c(C(F)F)cc(-c4ccccc4)nc23)[C@@H]2CCCC[C@@H]12. The monoisotopic (exact) mass is 424 g/mol. The normalized spacial score (nSPS) is 21.5. The number of fused-ring (bicyclic) bond motifs is 2. The number of rotatable bonds is 3. The molecular weight excluding hydrogens is 402 g/mol. The smallest absolute Gasteiger partial charge is 0.280 e. The maximum Gasteiger partial charge on any atom is 0.280 e. The first-order chi connectivity index (χ1) is 15.0. The Morgan fingerprint density at radius 1 is 1.13 bits per heavy atom. The van der Waals surface area contributed by atoms with Crippen molar-refractivity contribution < 1.29 is 18.4 Å². The molecule has 5 rings (SSSR count). The van der Waals surface area contributed by atoms with Gasteiger partial charge in [-0.15, -0.1) is 0 Å². The third-order valence-electron chi connectivity index (χ3n) is 6.43. The fourth-order valence-electron chi connectivity index (χ4n) is 4.90. The Balaban J connectivity index is 1.59. The molecule has 31 heavy (non-hydrogen) atoms. The van der Waals surface area contributed by atoms with E-state index in [-0.39, 0.29) is 40.6 Å². The minimum absolute atomic E-state index is 0.117. The highest BCUT2D eigenvalue weighted by atomic mass is 19.3. The number of hydrogen-bond acceptors (Lipinski definition) is 4. The van der Waals surface area contributed by atoms with Gasteiger partial charge in [-0.2, -0.15) is 5.10 Å². The Kier molecular flexibility index (Phi) is 5.00. The topological polar surface area (TPSA) is 67.6 Å². The Morgan fingerprint density at radius 2 is 1.90 bits per heavy atom. The number of benzene rings is 1. The van der Waals surface area contributed by atoms with Gasteiger partial charge in [0.05, 0.1) is 11.9 Å². The van der Waals surface area contributed by atoms with Gasteiger partial charge in [-0.1, -0.05) is 43.2 Å². The average molecular weight is 424 g/mol. The van der Waals surface area contributed by atoms with Crippen LogP contribution >= 0.6 is 0 Å². The van der Waals surface area contributed by atoms with E-state index in [2.05, 4.69) is 10.1 Å². The summed E-state index contributed by atoms with van der Waals surface area (Å²) in [5, 5.41) is 4.07. The van der Waals surface area contributed by atoms with Gasteiger partial charge in [0.2, 0.25) is 0 Å². The molecule has 0 bridgehead atoms. The molecule has 0 unspecified atom stereocenters. The lowest BCUT2D eigenvalue weighted by molar-refractivity contribution is -0.129. The maximum absolute atomic E-state index is 13.8. The molecule has 2 atom stereocenters. The van der Waals surface area contributed by atoms with Crippen molar-refractivity contribution in [3.8, 4) is 11.3 Å². The van der Waals surface area contributed by atoms with Gasteiger partial charge in [0, 0.05) is 30.5 Å². The van der Waals surface area contributed by atoms with Crippen LogP contribution in [0.4, 0.5) is 8.78 Å². The predicted molar refractivity (Wildman–Crippen MR) is 110 cm³/mol. The number of aromatic nitrogens is 3. The summed E-state index contributed by atoms with van der Waals surface area (Å²) in [5.41, 5.74) is 1.04. The summed E-state index contributed by atoms with van der Waals surface area (Å²) in [6.45, 7) is 0.344. The quantitative estimate of drug-likeness (QED) is 0.629. The highest BCUT2D eigenvalue weighted by molar-refractivity contribution is 6.01. The fraction of sp³-hybridized carbons (Fsp3) is 0.391. The lowest BCUT2D eigenvalue weighted by atomic mass is 9.77. The Bertz CT molecular complexity index is 1150. The van der Waals surface area contributed by atoms with E-state index < -0.39 is 6.43 Å². The number of hydrogen-bond donors (Lipinski definition) is 0. The first kappa shape index (κ1) is 19.8. The summed E-state index contributed by atoms with van der Waals surface area (Å²) in [6, 6.07) is 10.2. The molecule has 0 radical (unpaired) electrons. The largest absolute Gasteiger partial charge is 0.334 e. The number of amides is 1. The molecule has 3 heterocycles. The molecule has 1 aliphatic heterocycles. The second-order valence-electron chi connectivity index (χ2n) is 8.20. The predicted octanol–water partition coefficient (Wildman–Crippen LogP) is 4.31. The number of carbonyl (C=O) groups is 2. The summed E-state index contributed by atoms with van der Waals surface area (Å²) in [6.07, 6.45) is 2.42. The molecule has 0 spiro atoms. The van der Waals surface area contributed by atoms with Crippen molar-refractivity contribution in [1.82, 2.24) is 19.5 Å². The van der Waals surface area contributed by atoms with Crippen molar-refractivity contribution in [2.75, 3.05) is 6.54 Å². The highest BCUT2D eigenvalue weighted by Crippen LogP contribution is 2.35. The average Bonchev–Trinajstić information content (AvgIpc) is 3.23. The number of halogens is 2. The molecule has 160 valence electrons. The number of likely N-dealkylation sites (tertiary alicyclic amines) is 1. The Hall–Kier alpha value is -3.16. The zero-order valence-electron chi connectivity index (χ0n) is 16.9. The summed E-state index contributed by atoms with van der Waals surface area (Å²) in [4.78, 5) is 32.1. The number of piperidine rings is 1. The number of carbonyl (C=O) groups excluding carboxylic acids is 2. The standard InChI is InChI=1S/C23H22F2N4O2/c24-21(25)19-12-17(14-6-2-1-3-7-14)27-22-16(13-26-29(19)22)23(31)28-11-10-20(30)15-8-4-5-9-18(15)28/h1-3,6-7,12-13,15,18,21H,4-5,8-11H2/t15-,18-/m1/s1. The third kappa shape index (κ3) is 3.40. The van der Waals surface area contributed by atoms with Crippen molar-refractivity contribution in [2.45, 2.75) is 44.6 Å². The molecule has 2 aromatic heterocycles. The maximum atomic E-state index is 13.8. The molecule has 1 saturated carbocycles. The van der Waals surface area contributed by atoms with Gasteiger partial charge in [0.25, 0.3) is 12.3 Å². The van der Waals surface area contributed by atoms with E-state index in [1.807, 2.05) is 6.07 Å². The van der Waals surface area contributed by atoms with E-state index in [9.17, 15) is 18.4 Å². The highest BCUT2D eigenvalue weighted by Gasteiger charge is 2.41. The second-order valence-corrected chi connectivity index (χ2v) is 8.20. The third-order valence-corrected chi connectivity index (χ3v) is 6.43. The van der Waals surface area contributed by atoms with E-state index in [1.54, 1.807) is 29.2 Å². The molecule has 2 fully saturated rings. The van der Waals surface area contributed by atoms with Crippen molar-refractivity contribution in [3.63, 3.8) is 0 Å². The van der Waals surface area contributed by atoms with Gasteiger partial charge >= 0.3 is 0 Å². The van der Waals surface area contributed by atoms with E-state index in [0.29, 0.717) is 24.2 Å². The van der Waals surface area contributed by atoms with Crippen LogP contribution in [0.15, 0.2) is 42.6 Å². The number of alkyl halides is 2. The van der Waals surface area contributed by atoms with Crippen LogP contribution in [0.5, 0.6) is 0 Å². The van der Waals surface area contributed by atoms with Crippen molar-refractivity contribution in [1.29, 1.82) is 0 Å². The molecule has 0 N–H and O–H groups in total. The van der Waals surface area contributed by atoms with Crippen LogP contribution < -0.4 is 0 Å². The van der Waals surface area contributed by atoms with E-state index in [1.165, 1.54) is 12.3 Å². The Labute approximate surface area is 177 Å². The van der Waals surface area contributed by atoms with Crippen LogP contribution in [0, 0.1) is 5.92 Å². The first-order valence-corrected chi connectivity index (χ1v) is 10.6. The summed E-state index contributed by atoms with van der Waals surface area (Å²) < 4.78 is 28.7. The fourth-order valence-corrected chi connectivity index (χ4v) is 4.90. The minimum atomic E-state index is -2.77. The second kappa shape index (κ2) is 7.83. The van der Waals surface area contributed by atoms with Crippen molar-refractivity contribution in [3.05, 3.63) is 53.9 Å². The molecule has 1 aromatic carbocycles. The zero-order valence-corrected chi connectivity index (χ0v) is 16.9. The van der Waals surface area contributed by atoms with Gasteiger partial charge in [0.15, 0.2) is 5.65 Å². The minimum Gasteiger partial charge on any atom is -0.334 e. The Morgan fingerprint density at radius 3 is 2.68 bits per heavy atom. The van der Waals surface area contributed by atoms with Crippen LogP contribution in [-0.2, 0) is 4.79 Å². The molecular formula is C23H22F2N4O2. The van der Waals surface area contributed by atoms with Gasteiger partial charge in [-0.05, 0) is 18.9 Å². The van der Waals surface area contributed by atoms with Crippen LogP contribution in [0.2, 0.25) is 0 Å². The van der Waals surface area contributed by atoms with Crippen molar-refractivity contribution in [2.24, 2.45) is 5.92 Å². The molecule has 1 amide bonds. The van der Waals surface area contributed by atoms with Crippen molar-refractivity contribution >= 4 is 17.3 Å². The number of ketones is 1. The van der Waals surface area contributed by atoms with E-state index in [4.69, 9.17) is 0 Å².